The van der Waals surface area contributed by atoms with Crippen LogP contribution in [0.2, 0.25) is 0 Å². The van der Waals surface area contributed by atoms with Crippen molar-refractivity contribution in [2.75, 3.05) is 19.8 Å². The molecular formula is C12H22ClNO. The molecule has 0 atom stereocenters. The standard InChI is InChI=1S/C12H22ClNO/c13-11-1-3-12(4-2-11)14-9-10-5-7-15-8-6-10/h10-12,14H,1-9H2. The van der Waals surface area contributed by atoms with Crippen LogP contribution in [0, 0.1) is 5.92 Å². The van der Waals surface area contributed by atoms with Gasteiger partial charge >= 0.3 is 0 Å². The number of ether oxygens (including phenoxy) is 1. The summed E-state index contributed by atoms with van der Waals surface area (Å²) in [6.45, 7) is 3.10. The van der Waals surface area contributed by atoms with Crippen LogP contribution in [0.5, 0.6) is 0 Å². The molecule has 0 unspecified atom stereocenters. The van der Waals surface area contributed by atoms with Gasteiger partial charge in [-0.15, -0.1) is 11.6 Å². The Kier molecular flexibility index (Phi) is 4.73. The summed E-state index contributed by atoms with van der Waals surface area (Å²) in [5.74, 6) is 0.840. The maximum atomic E-state index is 6.09. The third-order valence-corrected chi connectivity index (χ3v) is 4.13. The topological polar surface area (TPSA) is 21.3 Å². The van der Waals surface area contributed by atoms with E-state index in [0.29, 0.717) is 5.38 Å². The van der Waals surface area contributed by atoms with E-state index in [0.717, 1.165) is 25.2 Å². The normalized spacial score (nSPS) is 34.2. The quantitative estimate of drug-likeness (QED) is 0.754. The summed E-state index contributed by atoms with van der Waals surface area (Å²) in [6, 6.07) is 0.725. The van der Waals surface area contributed by atoms with Crippen LogP contribution in [-0.4, -0.2) is 31.2 Å². The molecule has 88 valence electrons. The van der Waals surface area contributed by atoms with E-state index >= 15 is 0 Å². The van der Waals surface area contributed by atoms with Gasteiger partial charge in [-0.1, -0.05) is 0 Å². The third kappa shape index (κ3) is 3.93. The highest BCUT2D eigenvalue weighted by atomic mass is 35.5. The fraction of sp³-hybridized carbons (Fsp3) is 1.00. The van der Waals surface area contributed by atoms with E-state index in [1.165, 1.54) is 45.1 Å². The Hall–Kier alpha value is 0.210. The van der Waals surface area contributed by atoms with E-state index in [4.69, 9.17) is 16.3 Å². The molecule has 1 aliphatic carbocycles. The Balaban J connectivity index is 1.60. The van der Waals surface area contributed by atoms with Crippen LogP contribution < -0.4 is 5.32 Å². The van der Waals surface area contributed by atoms with Crippen LogP contribution in [0.25, 0.3) is 0 Å². The third-order valence-electron chi connectivity index (χ3n) is 3.69. The molecule has 0 radical (unpaired) electrons. The van der Waals surface area contributed by atoms with Gasteiger partial charge in [0.25, 0.3) is 0 Å². The summed E-state index contributed by atoms with van der Waals surface area (Å²) < 4.78 is 5.36. The number of hydrogen-bond acceptors (Lipinski definition) is 2. The van der Waals surface area contributed by atoms with Gasteiger partial charge in [0.2, 0.25) is 0 Å². The van der Waals surface area contributed by atoms with Crippen molar-refractivity contribution in [3.8, 4) is 0 Å². The lowest BCUT2D eigenvalue weighted by Gasteiger charge is -2.29. The molecule has 0 amide bonds. The Morgan fingerprint density at radius 3 is 2.33 bits per heavy atom. The lowest BCUT2D eigenvalue weighted by atomic mass is 9.93. The number of alkyl halides is 1. The lowest BCUT2D eigenvalue weighted by molar-refractivity contribution is 0.0650. The Labute approximate surface area is 97.7 Å². The molecule has 0 aromatic heterocycles. The molecule has 2 nitrogen and oxygen atoms in total. The second-order valence-corrected chi connectivity index (χ2v) is 5.53. The highest BCUT2D eigenvalue weighted by Gasteiger charge is 2.20. The monoisotopic (exact) mass is 231 g/mol. The first-order valence-electron chi connectivity index (χ1n) is 6.30. The van der Waals surface area contributed by atoms with Gasteiger partial charge in [0.15, 0.2) is 0 Å². The van der Waals surface area contributed by atoms with Crippen molar-refractivity contribution in [3.63, 3.8) is 0 Å². The van der Waals surface area contributed by atoms with Crippen LogP contribution in [-0.2, 0) is 4.74 Å². The predicted molar refractivity (Wildman–Crippen MR) is 63.4 cm³/mol. The molecule has 1 N–H and O–H groups in total. The van der Waals surface area contributed by atoms with E-state index < -0.39 is 0 Å². The minimum Gasteiger partial charge on any atom is -0.381 e. The van der Waals surface area contributed by atoms with Crippen molar-refractivity contribution in [1.82, 2.24) is 5.32 Å². The number of rotatable bonds is 3. The molecule has 1 saturated carbocycles. The molecule has 1 aliphatic heterocycles. The van der Waals surface area contributed by atoms with Crippen LogP contribution in [0.1, 0.15) is 38.5 Å². The van der Waals surface area contributed by atoms with E-state index in [1.54, 1.807) is 0 Å². The van der Waals surface area contributed by atoms with Crippen LogP contribution >= 0.6 is 11.6 Å². The number of halogens is 1. The number of hydrogen-bond donors (Lipinski definition) is 1. The molecule has 2 aliphatic rings. The summed E-state index contributed by atoms with van der Waals surface area (Å²) in [7, 11) is 0. The molecule has 1 saturated heterocycles. The maximum absolute atomic E-state index is 6.09. The average Bonchev–Trinajstić information content (AvgIpc) is 2.30. The summed E-state index contributed by atoms with van der Waals surface area (Å²) in [5, 5.41) is 4.13. The second kappa shape index (κ2) is 6.07. The zero-order valence-corrected chi connectivity index (χ0v) is 10.1. The van der Waals surface area contributed by atoms with E-state index in [9.17, 15) is 0 Å². The summed E-state index contributed by atoms with van der Waals surface area (Å²) in [4.78, 5) is 0. The van der Waals surface area contributed by atoms with Crippen LogP contribution in [0.15, 0.2) is 0 Å². The minimum atomic E-state index is 0.436. The molecule has 2 fully saturated rings. The van der Waals surface area contributed by atoms with Gasteiger partial charge < -0.3 is 10.1 Å². The van der Waals surface area contributed by atoms with Crippen LogP contribution in [0.4, 0.5) is 0 Å². The van der Waals surface area contributed by atoms with Gasteiger partial charge in [0.05, 0.1) is 0 Å². The van der Waals surface area contributed by atoms with Gasteiger partial charge in [0, 0.05) is 24.6 Å². The van der Waals surface area contributed by atoms with Gasteiger partial charge in [-0.2, -0.15) is 0 Å². The smallest absolute Gasteiger partial charge is 0.0469 e. The Bertz CT molecular complexity index is 174. The highest BCUT2D eigenvalue weighted by molar-refractivity contribution is 6.20. The molecule has 0 aromatic carbocycles. The van der Waals surface area contributed by atoms with E-state index in [-0.39, 0.29) is 0 Å². The summed E-state index contributed by atoms with van der Waals surface area (Å²) in [5.41, 5.74) is 0. The first-order valence-corrected chi connectivity index (χ1v) is 6.73. The van der Waals surface area contributed by atoms with Gasteiger partial charge in [-0.05, 0) is 51.0 Å². The SMILES string of the molecule is ClC1CCC(NCC2CCOCC2)CC1. The molecule has 0 spiro atoms. The van der Waals surface area contributed by atoms with Crippen molar-refractivity contribution >= 4 is 11.6 Å². The van der Waals surface area contributed by atoms with E-state index in [1.807, 2.05) is 0 Å². The maximum Gasteiger partial charge on any atom is 0.0469 e. The summed E-state index contributed by atoms with van der Waals surface area (Å²) in [6.07, 6.45) is 7.37. The number of nitrogens with one attached hydrogen (secondary N) is 1. The Morgan fingerprint density at radius 1 is 1.00 bits per heavy atom. The van der Waals surface area contributed by atoms with Crippen molar-refractivity contribution in [2.24, 2.45) is 5.92 Å². The van der Waals surface area contributed by atoms with Crippen LogP contribution in [0.3, 0.4) is 0 Å². The highest BCUT2D eigenvalue weighted by Crippen LogP contribution is 2.23. The molecule has 15 heavy (non-hydrogen) atoms. The first-order chi connectivity index (χ1) is 7.34. The van der Waals surface area contributed by atoms with Crippen molar-refractivity contribution in [2.45, 2.75) is 49.9 Å². The van der Waals surface area contributed by atoms with Crippen molar-refractivity contribution in [1.29, 1.82) is 0 Å². The van der Waals surface area contributed by atoms with Gasteiger partial charge in [0.1, 0.15) is 0 Å². The zero-order chi connectivity index (χ0) is 10.5. The molecule has 2 rings (SSSR count). The first kappa shape index (κ1) is 11.7. The average molecular weight is 232 g/mol. The zero-order valence-electron chi connectivity index (χ0n) is 9.38. The van der Waals surface area contributed by atoms with Gasteiger partial charge in [-0.3, -0.25) is 0 Å². The van der Waals surface area contributed by atoms with Gasteiger partial charge in [-0.25, -0.2) is 0 Å². The lowest BCUT2D eigenvalue weighted by Crippen LogP contribution is -2.37. The molecule has 1 heterocycles. The predicted octanol–water partition coefficient (Wildman–Crippen LogP) is 2.55. The molecule has 0 bridgehead atoms. The van der Waals surface area contributed by atoms with Crippen molar-refractivity contribution in [3.05, 3.63) is 0 Å². The Morgan fingerprint density at radius 2 is 1.67 bits per heavy atom. The minimum absolute atomic E-state index is 0.436. The molecule has 3 heteroatoms. The molecular weight excluding hydrogens is 210 g/mol. The fourth-order valence-corrected chi connectivity index (χ4v) is 2.79. The fourth-order valence-electron chi connectivity index (χ4n) is 2.54. The summed E-state index contributed by atoms with van der Waals surface area (Å²) >= 11 is 6.09. The largest absolute Gasteiger partial charge is 0.381 e. The van der Waals surface area contributed by atoms with E-state index in [2.05, 4.69) is 5.32 Å². The second-order valence-electron chi connectivity index (χ2n) is 4.91. The van der Waals surface area contributed by atoms with Crippen molar-refractivity contribution < 1.29 is 4.74 Å². The molecule has 0 aromatic rings.